The van der Waals surface area contributed by atoms with E-state index < -0.39 is 11.6 Å². The number of ketones is 1. The van der Waals surface area contributed by atoms with Crippen molar-refractivity contribution in [2.75, 3.05) is 12.4 Å². The highest BCUT2D eigenvalue weighted by atomic mass is 16.5. The highest BCUT2D eigenvalue weighted by molar-refractivity contribution is 6.01. The Balaban J connectivity index is 2.04. The summed E-state index contributed by atoms with van der Waals surface area (Å²) in [5.41, 5.74) is 1.68. The number of allylic oxidation sites excluding steroid dienone is 2. The molecule has 1 aliphatic heterocycles. The second-order valence-electron chi connectivity index (χ2n) is 8.63. The first kappa shape index (κ1) is 19.2. The predicted octanol–water partition coefficient (Wildman–Crippen LogP) is 2.29. The van der Waals surface area contributed by atoms with Crippen LogP contribution in [0.3, 0.4) is 0 Å². The lowest BCUT2D eigenvalue weighted by molar-refractivity contribution is -0.118. The average Bonchev–Trinajstić information content (AvgIpc) is 2.68. The van der Waals surface area contributed by atoms with Crippen molar-refractivity contribution in [1.82, 2.24) is 9.13 Å². The SMILES string of the molecule is COc1ccc([C@H]2C3=C(CC(C)(C)CC3=O)Nc3c2c(=O)n(C)c(=O)n3C)cc1. The van der Waals surface area contributed by atoms with Crippen LogP contribution < -0.4 is 21.3 Å². The summed E-state index contributed by atoms with van der Waals surface area (Å²) >= 11 is 0. The number of fused-ring (bicyclic) bond motifs is 1. The molecular weight excluding hydrogens is 370 g/mol. The summed E-state index contributed by atoms with van der Waals surface area (Å²) in [7, 11) is 4.69. The first-order chi connectivity index (χ1) is 13.6. The van der Waals surface area contributed by atoms with E-state index >= 15 is 0 Å². The quantitative estimate of drug-likeness (QED) is 0.844. The molecule has 2 heterocycles. The number of Topliss-reactive ketones (excluding diaryl/α,β-unsaturated/α-hetero) is 1. The molecule has 0 saturated carbocycles. The van der Waals surface area contributed by atoms with Crippen LogP contribution in [0.1, 0.15) is 43.7 Å². The zero-order valence-electron chi connectivity index (χ0n) is 17.3. The molecule has 1 atom stereocenters. The zero-order chi connectivity index (χ0) is 21.1. The summed E-state index contributed by atoms with van der Waals surface area (Å²) in [5.74, 6) is 0.664. The van der Waals surface area contributed by atoms with Gasteiger partial charge in [-0.05, 0) is 29.5 Å². The van der Waals surface area contributed by atoms with Crippen molar-refractivity contribution in [3.05, 3.63) is 67.5 Å². The number of benzene rings is 1. The minimum absolute atomic E-state index is 0.0334. The Hall–Kier alpha value is -3.09. The largest absolute Gasteiger partial charge is 0.497 e. The number of nitrogens with zero attached hydrogens (tertiary/aromatic N) is 2. The minimum Gasteiger partial charge on any atom is -0.497 e. The third-order valence-corrected chi connectivity index (χ3v) is 5.92. The number of carbonyl (C=O) groups is 1. The molecule has 0 fully saturated rings. The van der Waals surface area contributed by atoms with Gasteiger partial charge in [-0.2, -0.15) is 0 Å². The van der Waals surface area contributed by atoms with E-state index in [-0.39, 0.29) is 16.8 Å². The summed E-state index contributed by atoms with van der Waals surface area (Å²) < 4.78 is 7.80. The second-order valence-corrected chi connectivity index (χ2v) is 8.63. The van der Waals surface area contributed by atoms with E-state index in [1.54, 1.807) is 14.2 Å². The molecule has 1 N–H and O–H groups in total. The van der Waals surface area contributed by atoms with Crippen LogP contribution in [-0.4, -0.2) is 22.0 Å². The van der Waals surface area contributed by atoms with E-state index in [4.69, 9.17) is 4.74 Å². The normalized spacial score (nSPS) is 20.0. The third-order valence-electron chi connectivity index (χ3n) is 5.92. The van der Waals surface area contributed by atoms with Gasteiger partial charge in [-0.25, -0.2) is 4.79 Å². The fourth-order valence-corrected chi connectivity index (χ4v) is 4.48. The Morgan fingerprint density at radius 1 is 1.03 bits per heavy atom. The van der Waals surface area contributed by atoms with Crippen LogP contribution >= 0.6 is 0 Å². The predicted molar refractivity (Wildman–Crippen MR) is 110 cm³/mol. The summed E-state index contributed by atoms with van der Waals surface area (Å²) in [4.78, 5) is 38.9. The van der Waals surface area contributed by atoms with Crippen molar-refractivity contribution in [3.8, 4) is 5.75 Å². The van der Waals surface area contributed by atoms with Gasteiger partial charge >= 0.3 is 5.69 Å². The van der Waals surface area contributed by atoms with Crippen molar-refractivity contribution in [3.63, 3.8) is 0 Å². The van der Waals surface area contributed by atoms with Gasteiger partial charge in [-0.1, -0.05) is 26.0 Å². The first-order valence-corrected chi connectivity index (χ1v) is 9.62. The Morgan fingerprint density at radius 3 is 2.31 bits per heavy atom. The van der Waals surface area contributed by atoms with Gasteiger partial charge in [0, 0.05) is 37.7 Å². The van der Waals surface area contributed by atoms with Gasteiger partial charge in [-0.3, -0.25) is 18.7 Å². The molecule has 29 heavy (non-hydrogen) atoms. The Labute approximate surface area is 168 Å². The van der Waals surface area contributed by atoms with Crippen LogP contribution in [0.25, 0.3) is 0 Å². The number of hydrogen-bond donors (Lipinski definition) is 1. The highest BCUT2D eigenvalue weighted by Gasteiger charge is 2.42. The van der Waals surface area contributed by atoms with E-state index in [1.165, 1.54) is 11.6 Å². The topological polar surface area (TPSA) is 82.3 Å². The monoisotopic (exact) mass is 395 g/mol. The molecule has 1 aromatic heterocycles. The van der Waals surface area contributed by atoms with Crippen LogP contribution in [0.15, 0.2) is 45.1 Å². The van der Waals surface area contributed by atoms with Crippen molar-refractivity contribution in [2.24, 2.45) is 19.5 Å². The van der Waals surface area contributed by atoms with Crippen molar-refractivity contribution in [2.45, 2.75) is 32.6 Å². The number of anilines is 1. The fourth-order valence-electron chi connectivity index (χ4n) is 4.48. The molecule has 4 rings (SSSR count). The molecule has 0 unspecified atom stereocenters. The van der Waals surface area contributed by atoms with Gasteiger partial charge in [0.2, 0.25) is 0 Å². The molecule has 1 aliphatic carbocycles. The molecule has 0 saturated heterocycles. The van der Waals surface area contributed by atoms with E-state index in [1.807, 2.05) is 24.3 Å². The molecule has 7 nitrogen and oxygen atoms in total. The lowest BCUT2D eigenvalue weighted by Gasteiger charge is -2.39. The molecule has 2 aromatic rings. The zero-order valence-corrected chi connectivity index (χ0v) is 17.3. The molecule has 2 aliphatic rings. The van der Waals surface area contributed by atoms with Crippen molar-refractivity contribution in [1.29, 1.82) is 0 Å². The maximum atomic E-state index is 13.2. The van der Waals surface area contributed by atoms with Gasteiger partial charge in [0.25, 0.3) is 5.56 Å². The van der Waals surface area contributed by atoms with Gasteiger partial charge < -0.3 is 10.1 Å². The summed E-state index contributed by atoms with van der Waals surface area (Å²) in [6.07, 6.45) is 1.09. The average molecular weight is 395 g/mol. The molecule has 0 radical (unpaired) electrons. The van der Waals surface area contributed by atoms with Crippen LogP contribution in [0, 0.1) is 5.41 Å². The number of hydrogen-bond acceptors (Lipinski definition) is 5. The van der Waals surface area contributed by atoms with Crippen LogP contribution in [0.2, 0.25) is 0 Å². The molecule has 0 spiro atoms. The summed E-state index contributed by atoms with van der Waals surface area (Å²) in [6, 6.07) is 7.39. The van der Waals surface area contributed by atoms with Crippen LogP contribution in [0.4, 0.5) is 5.82 Å². The molecule has 1 aromatic carbocycles. The lowest BCUT2D eigenvalue weighted by Crippen LogP contribution is -2.45. The maximum absolute atomic E-state index is 13.2. The number of ether oxygens (including phenoxy) is 1. The van der Waals surface area contributed by atoms with Crippen LogP contribution in [0.5, 0.6) is 5.75 Å². The van der Waals surface area contributed by atoms with E-state index in [2.05, 4.69) is 19.2 Å². The molecule has 0 bridgehead atoms. The first-order valence-electron chi connectivity index (χ1n) is 9.62. The number of carbonyl (C=O) groups excluding carboxylic acids is 1. The summed E-state index contributed by atoms with van der Waals surface area (Å²) in [6.45, 7) is 4.11. The molecule has 0 amide bonds. The molecule has 152 valence electrons. The standard InChI is InChI=1S/C22H25N3O4/c1-22(2)10-14-17(15(26)11-22)16(12-6-8-13(29-5)9-7-12)18-19(23-14)24(3)21(28)25(4)20(18)27/h6-9,16,23H,10-11H2,1-5H3/t16-/m0/s1. The van der Waals surface area contributed by atoms with Gasteiger partial charge in [0.05, 0.1) is 12.7 Å². The fraction of sp³-hybridized carbons (Fsp3) is 0.409. The molecule has 7 heteroatoms. The summed E-state index contributed by atoms with van der Waals surface area (Å²) in [5, 5.41) is 3.27. The van der Waals surface area contributed by atoms with Gasteiger partial charge in [0.15, 0.2) is 5.78 Å². The smallest absolute Gasteiger partial charge is 0.332 e. The Morgan fingerprint density at radius 2 is 1.69 bits per heavy atom. The highest BCUT2D eigenvalue weighted by Crippen LogP contribution is 2.47. The Kier molecular flexibility index (Phi) is 4.29. The third kappa shape index (κ3) is 2.92. The second kappa shape index (κ2) is 6.47. The van der Waals surface area contributed by atoms with Crippen LogP contribution in [-0.2, 0) is 18.9 Å². The number of nitrogens with one attached hydrogen (secondary N) is 1. The van der Waals surface area contributed by atoms with E-state index in [0.29, 0.717) is 35.5 Å². The number of rotatable bonds is 2. The van der Waals surface area contributed by atoms with Crippen molar-refractivity contribution >= 4 is 11.6 Å². The molecular formula is C22H25N3O4. The number of aromatic nitrogens is 2. The van der Waals surface area contributed by atoms with Crippen molar-refractivity contribution < 1.29 is 9.53 Å². The van der Waals surface area contributed by atoms with E-state index in [0.717, 1.165) is 15.8 Å². The Bertz CT molecular complexity index is 1170. The van der Waals surface area contributed by atoms with Gasteiger partial charge in [-0.15, -0.1) is 0 Å². The van der Waals surface area contributed by atoms with E-state index in [9.17, 15) is 14.4 Å². The van der Waals surface area contributed by atoms with Gasteiger partial charge in [0.1, 0.15) is 11.6 Å². The minimum atomic E-state index is -0.527. The number of methoxy groups -OCH3 is 1. The maximum Gasteiger partial charge on any atom is 0.332 e. The lowest BCUT2D eigenvalue weighted by atomic mass is 9.69.